The molecule has 19 heavy (non-hydrogen) atoms. The fourth-order valence-electron chi connectivity index (χ4n) is 2.73. The molecule has 2 aliphatic heterocycles. The summed E-state index contributed by atoms with van der Waals surface area (Å²) in [6.07, 6.45) is -3.04. The van der Waals surface area contributed by atoms with Crippen LogP contribution < -0.4 is 0 Å². The average Bonchev–Trinajstić information content (AvgIpc) is 2.64. The number of piperidine rings is 1. The van der Waals surface area contributed by atoms with Crippen LogP contribution in [0.3, 0.4) is 0 Å². The van der Waals surface area contributed by atoms with Gasteiger partial charge < -0.3 is 20.1 Å². The summed E-state index contributed by atoms with van der Waals surface area (Å²) in [6.45, 7) is 6.09. The van der Waals surface area contributed by atoms with Crippen molar-refractivity contribution in [3.63, 3.8) is 0 Å². The lowest BCUT2D eigenvalue weighted by atomic mass is 9.91. The Morgan fingerprint density at radius 1 is 1.21 bits per heavy atom. The zero-order valence-electron chi connectivity index (χ0n) is 11.6. The van der Waals surface area contributed by atoms with Crippen molar-refractivity contribution in [3.8, 4) is 0 Å². The highest BCUT2D eigenvalue weighted by Crippen LogP contribution is 2.30. The fraction of sp³-hybridized carbons (Fsp3) is 0.923. The van der Waals surface area contributed by atoms with Gasteiger partial charge in [0.25, 0.3) is 0 Å². The lowest BCUT2D eigenvalue weighted by Crippen LogP contribution is -2.62. The van der Waals surface area contributed by atoms with Crippen molar-refractivity contribution < 1.29 is 24.9 Å². The van der Waals surface area contributed by atoms with E-state index in [2.05, 4.69) is 0 Å². The number of ether oxygens (including phenoxy) is 1. The van der Waals surface area contributed by atoms with Gasteiger partial charge in [0.15, 0.2) is 6.10 Å². The Balaban J connectivity index is 2.10. The Hall–Kier alpha value is -0.690. The molecule has 6 heteroatoms. The van der Waals surface area contributed by atoms with Gasteiger partial charge in [0.2, 0.25) is 0 Å². The largest absolute Gasteiger partial charge is 0.456 e. The van der Waals surface area contributed by atoms with E-state index in [9.17, 15) is 20.1 Å². The van der Waals surface area contributed by atoms with Crippen LogP contribution in [0.15, 0.2) is 0 Å². The normalized spacial score (nSPS) is 40.0. The number of carbonyl (C=O) groups is 1. The van der Waals surface area contributed by atoms with Crippen molar-refractivity contribution >= 4 is 5.97 Å². The maximum Gasteiger partial charge on any atom is 0.311 e. The fourth-order valence-corrected chi connectivity index (χ4v) is 2.73. The van der Waals surface area contributed by atoms with Crippen LogP contribution >= 0.6 is 0 Å². The summed E-state index contributed by atoms with van der Waals surface area (Å²) in [5.74, 6) is -0.462. The van der Waals surface area contributed by atoms with E-state index in [-0.39, 0.29) is 0 Å². The van der Waals surface area contributed by atoms with E-state index in [4.69, 9.17) is 4.74 Å². The molecule has 0 spiro atoms. The van der Waals surface area contributed by atoms with Crippen LogP contribution in [0.2, 0.25) is 0 Å². The Bertz CT molecular complexity index is 353. The summed E-state index contributed by atoms with van der Waals surface area (Å²) in [6, 6.07) is -0.457. The molecule has 0 radical (unpaired) electrons. The quantitative estimate of drug-likeness (QED) is 0.537. The van der Waals surface area contributed by atoms with Crippen LogP contribution in [-0.4, -0.2) is 69.7 Å². The summed E-state index contributed by atoms with van der Waals surface area (Å²) in [4.78, 5) is 13.7. The summed E-state index contributed by atoms with van der Waals surface area (Å²) in [5, 5.41) is 30.2. The number of esters is 1. The molecule has 6 nitrogen and oxygen atoms in total. The number of carbonyl (C=O) groups excluding carboxylic acids is 1. The second-order valence-corrected chi connectivity index (χ2v) is 6.52. The zero-order valence-corrected chi connectivity index (χ0v) is 11.6. The molecule has 0 aromatic carbocycles. The number of nitrogens with zero attached hydrogens (tertiary/aromatic N) is 1. The zero-order chi connectivity index (χ0) is 14.4. The lowest BCUT2D eigenvalue weighted by molar-refractivity contribution is -0.191. The smallest absolute Gasteiger partial charge is 0.311 e. The topological polar surface area (TPSA) is 90.2 Å². The van der Waals surface area contributed by atoms with Gasteiger partial charge >= 0.3 is 5.97 Å². The molecule has 0 bridgehead atoms. The van der Waals surface area contributed by atoms with Crippen molar-refractivity contribution in [2.45, 2.75) is 57.6 Å². The lowest BCUT2D eigenvalue weighted by Gasteiger charge is -2.43. The van der Waals surface area contributed by atoms with E-state index in [1.165, 1.54) is 0 Å². The van der Waals surface area contributed by atoms with Crippen LogP contribution in [0.1, 0.15) is 27.2 Å². The Morgan fingerprint density at radius 2 is 1.84 bits per heavy atom. The molecule has 0 aromatic heterocycles. The molecule has 2 rings (SSSR count). The van der Waals surface area contributed by atoms with Crippen LogP contribution in [-0.2, 0) is 9.53 Å². The minimum Gasteiger partial charge on any atom is -0.456 e. The van der Waals surface area contributed by atoms with Crippen LogP contribution in [0, 0.1) is 5.41 Å². The van der Waals surface area contributed by atoms with Crippen molar-refractivity contribution in [3.05, 3.63) is 0 Å². The summed E-state index contributed by atoms with van der Waals surface area (Å²) in [5.41, 5.74) is -0.690. The second-order valence-electron chi connectivity index (χ2n) is 6.52. The van der Waals surface area contributed by atoms with Gasteiger partial charge in [-0.15, -0.1) is 0 Å². The molecule has 0 aliphatic carbocycles. The molecule has 0 unspecified atom stereocenters. The first-order chi connectivity index (χ1) is 8.71. The average molecular weight is 273 g/mol. The predicted octanol–water partition coefficient (Wildman–Crippen LogP) is -0.885. The van der Waals surface area contributed by atoms with Gasteiger partial charge in [-0.3, -0.25) is 9.69 Å². The van der Waals surface area contributed by atoms with Gasteiger partial charge in [-0.05, 0) is 27.2 Å². The van der Waals surface area contributed by atoms with E-state index < -0.39 is 41.8 Å². The number of aliphatic hydroxyl groups is 3. The van der Waals surface area contributed by atoms with Crippen molar-refractivity contribution in [2.75, 3.05) is 13.1 Å². The monoisotopic (exact) mass is 273 g/mol. The van der Waals surface area contributed by atoms with Crippen molar-refractivity contribution in [1.82, 2.24) is 4.90 Å². The number of hydrogen-bond donors (Lipinski definition) is 3. The Kier molecular flexibility index (Phi) is 3.88. The third kappa shape index (κ3) is 2.76. The van der Waals surface area contributed by atoms with Crippen molar-refractivity contribution in [1.29, 1.82) is 0 Å². The van der Waals surface area contributed by atoms with Gasteiger partial charge in [-0.25, -0.2) is 0 Å². The van der Waals surface area contributed by atoms with Crippen molar-refractivity contribution in [2.24, 2.45) is 5.41 Å². The third-order valence-electron chi connectivity index (χ3n) is 3.87. The van der Waals surface area contributed by atoms with Gasteiger partial charge in [-0.2, -0.15) is 0 Å². The van der Waals surface area contributed by atoms with Crippen LogP contribution in [0.25, 0.3) is 0 Å². The molecular formula is C13H23NO5. The number of rotatable bonds is 1. The summed E-state index contributed by atoms with van der Waals surface area (Å²) >= 11 is 0. The molecule has 0 amide bonds. The first-order valence-electron chi connectivity index (χ1n) is 6.71. The summed E-state index contributed by atoms with van der Waals surface area (Å²) < 4.78 is 5.26. The number of fused-ring (bicyclic) bond motifs is 1. The van der Waals surface area contributed by atoms with E-state index in [0.717, 1.165) is 0 Å². The Morgan fingerprint density at radius 3 is 2.42 bits per heavy atom. The molecule has 5 atom stereocenters. The highest BCUT2D eigenvalue weighted by Gasteiger charge is 2.50. The van der Waals surface area contributed by atoms with Gasteiger partial charge in [0.05, 0.1) is 17.6 Å². The maximum absolute atomic E-state index is 11.9. The molecule has 2 heterocycles. The third-order valence-corrected chi connectivity index (χ3v) is 3.87. The molecule has 2 fully saturated rings. The highest BCUT2D eigenvalue weighted by molar-refractivity contribution is 5.75. The molecule has 2 aliphatic rings. The molecule has 0 aromatic rings. The number of hydrogen-bond acceptors (Lipinski definition) is 6. The van der Waals surface area contributed by atoms with E-state index >= 15 is 0 Å². The molecule has 2 saturated heterocycles. The van der Waals surface area contributed by atoms with Gasteiger partial charge in [0, 0.05) is 13.1 Å². The van der Waals surface area contributed by atoms with E-state index in [0.29, 0.717) is 19.5 Å². The van der Waals surface area contributed by atoms with Crippen LogP contribution in [0.4, 0.5) is 0 Å². The maximum atomic E-state index is 11.9. The predicted molar refractivity (Wildman–Crippen MR) is 67.3 cm³/mol. The SMILES string of the molecule is CC(C)(C)C(=O)O[C@H]1[C@H](O)[C@H]2[C@@H](O)CCN2C[C@@H]1O. The van der Waals surface area contributed by atoms with E-state index in [1.807, 2.05) is 4.90 Å². The molecule has 3 N–H and O–H groups in total. The first-order valence-corrected chi connectivity index (χ1v) is 6.71. The van der Waals surface area contributed by atoms with Crippen LogP contribution in [0.5, 0.6) is 0 Å². The standard InChI is InChI=1S/C13H23NO5/c1-13(2,3)12(18)19-11-8(16)6-14-5-4-7(15)9(14)10(11)17/h7-11,15-17H,4-6H2,1-3H3/t7-,8-,9+,10+,11+/m0/s1. The minimum atomic E-state index is -1.06. The van der Waals surface area contributed by atoms with Gasteiger partial charge in [0.1, 0.15) is 12.2 Å². The highest BCUT2D eigenvalue weighted by atomic mass is 16.6. The Labute approximate surface area is 113 Å². The van der Waals surface area contributed by atoms with E-state index in [1.54, 1.807) is 20.8 Å². The molecule has 0 saturated carbocycles. The minimum absolute atomic E-state index is 0.306. The first kappa shape index (κ1) is 14.7. The molecule has 110 valence electrons. The van der Waals surface area contributed by atoms with Gasteiger partial charge in [-0.1, -0.05) is 0 Å². The summed E-state index contributed by atoms with van der Waals surface area (Å²) in [7, 11) is 0. The molecular weight excluding hydrogens is 250 g/mol. The number of aliphatic hydroxyl groups excluding tert-OH is 3. The second kappa shape index (κ2) is 5.01.